The molecule has 1 aliphatic rings. The molecule has 0 aromatic heterocycles. The molecule has 0 atom stereocenters. The van der Waals surface area contributed by atoms with Gasteiger partial charge in [0, 0.05) is 5.69 Å². The van der Waals surface area contributed by atoms with Crippen LogP contribution in [0.2, 0.25) is 0 Å². The van der Waals surface area contributed by atoms with E-state index in [1.165, 1.54) is 6.07 Å². The summed E-state index contributed by atoms with van der Waals surface area (Å²) in [6.07, 6.45) is 1.55. The lowest BCUT2D eigenvalue weighted by Crippen LogP contribution is -2.36. The van der Waals surface area contributed by atoms with Crippen LogP contribution in [-0.4, -0.2) is 33.6 Å². The lowest BCUT2D eigenvalue weighted by atomic mass is 10.2. The number of aromatic hydroxyl groups is 1. The van der Waals surface area contributed by atoms with Crippen LogP contribution in [-0.2, 0) is 9.59 Å². The maximum Gasteiger partial charge on any atom is 0.294 e. The van der Waals surface area contributed by atoms with E-state index in [0.29, 0.717) is 15.7 Å². The SMILES string of the molecule is Cc1ccccc1NC(=O)CN1C(=O)S/C(=C/c2ccc(O)c(Br)c2)C1=O. The Morgan fingerprint density at radius 2 is 2.00 bits per heavy atom. The fraction of sp³-hybridized carbons (Fsp3) is 0.105. The van der Waals surface area contributed by atoms with Gasteiger partial charge in [0.1, 0.15) is 12.3 Å². The molecule has 138 valence electrons. The molecule has 27 heavy (non-hydrogen) atoms. The van der Waals surface area contributed by atoms with Gasteiger partial charge in [-0.25, -0.2) is 0 Å². The number of anilines is 1. The lowest BCUT2D eigenvalue weighted by Gasteiger charge is -2.13. The number of hydrogen-bond donors (Lipinski definition) is 2. The largest absolute Gasteiger partial charge is 0.507 e. The number of hydrogen-bond acceptors (Lipinski definition) is 5. The van der Waals surface area contributed by atoms with E-state index in [4.69, 9.17) is 0 Å². The van der Waals surface area contributed by atoms with Crippen molar-refractivity contribution in [3.8, 4) is 5.75 Å². The van der Waals surface area contributed by atoms with Gasteiger partial charge in [-0.1, -0.05) is 24.3 Å². The maximum absolute atomic E-state index is 12.5. The van der Waals surface area contributed by atoms with Gasteiger partial charge in [-0.2, -0.15) is 0 Å². The minimum Gasteiger partial charge on any atom is -0.507 e. The second kappa shape index (κ2) is 7.98. The van der Waals surface area contributed by atoms with Gasteiger partial charge in [-0.15, -0.1) is 0 Å². The minimum absolute atomic E-state index is 0.0770. The van der Waals surface area contributed by atoms with E-state index >= 15 is 0 Å². The van der Waals surface area contributed by atoms with Crippen LogP contribution in [0.25, 0.3) is 6.08 Å². The molecule has 2 N–H and O–H groups in total. The average molecular weight is 447 g/mol. The van der Waals surface area contributed by atoms with Crippen LogP contribution >= 0.6 is 27.7 Å². The number of phenols is 1. The number of nitrogens with zero attached hydrogens (tertiary/aromatic N) is 1. The summed E-state index contributed by atoms with van der Waals surface area (Å²) in [5.41, 5.74) is 2.17. The molecule has 1 heterocycles. The van der Waals surface area contributed by atoms with Gasteiger partial charge >= 0.3 is 0 Å². The van der Waals surface area contributed by atoms with Crippen molar-refractivity contribution in [1.29, 1.82) is 0 Å². The smallest absolute Gasteiger partial charge is 0.294 e. The van der Waals surface area contributed by atoms with Gasteiger partial charge < -0.3 is 10.4 Å². The Labute approximate surface area is 168 Å². The Kier molecular flexibility index (Phi) is 5.67. The monoisotopic (exact) mass is 446 g/mol. The van der Waals surface area contributed by atoms with Gasteiger partial charge in [0.25, 0.3) is 11.1 Å². The molecule has 0 bridgehead atoms. The minimum atomic E-state index is -0.519. The molecule has 1 fully saturated rings. The van der Waals surface area contributed by atoms with Gasteiger partial charge in [0.05, 0.1) is 9.38 Å². The number of carbonyl (C=O) groups excluding carboxylic acids is 3. The summed E-state index contributed by atoms with van der Waals surface area (Å²) in [6, 6.07) is 12.0. The molecule has 0 spiro atoms. The first-order chi connectivity index (χ1) is 12.8. The lowest BCUT2D eigenvalue weighted by molar-refractivity contribution is -0.127. The first-order valence-corrected chi connectivity index (χ1v) is 9.55. The molecule has 0 unspecified atom stereocenters. The molecule has 2 aromatic rings. The number of amides is 3. The number of nitrogens with one attached hydrogen (secondary N) is 1. The Hall–Kier alpha value is -2.58. The van der Waals surface area contributed by atoms with Crippen molar-refractivity contribution in [2.24, 2.45) is 0 Å². The predicted octanol–water partition coefficient (Wildman–Crippen LogP) is 4.14. The van der Waals surface area contributed by atoms with E-state index in [9.17, 15) is 19.5 Å². The fourth-order valence-corrected chi connectivity index (χ4v) is 3.68. The zero-order valence-corrected chi connectivity index (χ0v) is 16.6. The van der Waals surface area contributed by atoms with E-state index in [1.54, 1.807) is 30.3 Å². The highest BCUT2D eigenvalue weighted by atomic mass is 79.9. The third kappa shape index (κ3) is 4.40. The number of carbonyl (C=O) groups is 3. The van der Waals surface area contributed by atoms with Crippen molar-refractivity contribution < 1.29 is 19.5 Å². The summed E-state index contributed by atoms with van der Waals surface area (Å²) in [4.78, 5) is 38.0. The van der Waals surface area contributed by atoms with Crippen LogP contribution in [0, 0.1) is 6.92 Å². The fourth-order valence-electron chi connectivity index (χ4n) is 2.45. The van der Waals surface area contributed by atoms with Crippen molar-refractivity contribution in [3.63, 3.8) is 0 Å². The standard InChI is InChI=1S/C19H15BrN2O4S/c1-11-4-2-3-5-14(11)21-17(24)10-22-18(25)16(27-19(22)26)9-12-6-7-15(23)13(20)8-12/h2-9,23H,10H2,1H3,(H,21,24)/b16-9+. The van der Waals surface area contributed by atoms with Gasteiger partial charge in [0.2, 0.25) is 5.91 Å². The molecule has 0 aliphatic carbocycles. The van der Waals surface area contributed by atoms with Crippen molar-refractivity contribution in [2.45, 2.75) is 6.92 Å². The third-order valence-electron chi connectivity index (χ3n) is 3.86. The van der Waals surface area contributed by atoms with Gasteiger partial charge in [-0.05, 0) is 70.0 Å². The zero-order chi connectivity index (χ0) is 19.6. The Bertz CT molecular complexity index is 974. The van der Waals surface area contributed by atoms with E-state index in [0.717, 1.165) is 22.2 Å². The van der Waals surface area contributed by atoms with E-state index in [1.807, 2.05) is 19.1 Å². The summed E-state index contributed by atoms with van der Waals surface area (Å²) in [5, 5.41) is 11.7. The number of imide groups is 1. The predicted molar refractivity (Wildman–Crippen MR) is 108 cm³/mol. The number of phenolic OH excluding ortho intramolecular Hbond substituents is 1. The highest BCUT2D eigenvalue weighted by Crippen LogP contribution is 2.33. The van der Waals surface area contributed by atoms with Crippen LogP contribution in [0.15, 0.2) is 51.8 Å². The normalized spacial score (nSPS) is 15.5. The summed E-state index contributed by atoms with van der Waals surface area (Å²) >= 11 is 3.98. The van der Waals surface area contributed by atoms with Gasteiger partial charge in [-0.3, -0.25) is 19.3 Å². The maximum atomic E-state index is 12.5. The Morgan fingerprint density at radius 1 is 1.26 bits per heavy atom. The van der Waals surface area contributed by atoms with Crippen LogP contribution in [0.1, 0.15) is 11.1 Å². The number of aryl methyl sites for hydroxylation is 1. The summed E-state index contributed by atoms with van der Waals surface area (Å²) in [6.45, 7) is 1.50. The van der Waals surface area contributed by atoms with Crippen molar-refractivity contribution in [3.05, 3.63) is 63.0 Å². The summed E-state index contributed by atoms with van der Waals surface area (Å²) in [5.74, 6) is -0.887. The van der Waals surface area contributed by atoms with E-state index in [-0.39, 0.29) is 17.2 Å². The second-order valence-corrected chi connectivity index (χ2v) is 7.69. The van der Waals surface area contributed by atoms with Crippen molar-refractivity contribution in [1.82, 2.24) is 4.90 Å². The molecular formula is C19H15BrN2O4S. The highest BCUT2D eigenvalue weighted by molar-refractivity contribution is 9.10. The first kappa shape index (κ1) is 19.2. The number of benzene rings is 2. The van der Waals surface area contributed by atoms with Crippen molar-refractivity contribution >= 4 is 56.5 Å². The molecule has 8 heteroatoms. The van der Waals surface area contributed by atoms with Crippen LogP contribution in [0.5, 0.6) is 5.75 Å². The highest BCUT2D eigenvalue weighted by Gasteiger charge is 2.36. The number of thioether (sulfide) groups is 1. The zero-order valence-electron chi connectivity index (χ0n) is 14.2. The summed E-state index contributed by atoms with van der Waals surface area (Å²) in [7, 11) is 0. The number of rotatable bonds is 4. The number of para-hydroxylation sites is 1. The molecule has 0 saturated carbocycles. The molecule has 0 radical (unpaired) electrons. The van der Waals surface area contributed by atoms with Crippen LogP contribution in [0.3, 0.4) is 0 Å². The van der Waals surface area contributed by atoms with Crippen molar-refractivity contribution in [2.75, 3.05) is 11.9 Å². The number of halogens is 1. The van der Waals surface area contributed by atoms with Crippen LogP contribution in [0.4, 0.5) is 10.5 Å². The first-order valence-electron chi connectivity index (χ1n) is 7.94. The molecule has 2 aromatic carbocycles. The molecule has 6 nitrogen and oxygen atoms in total. The third-order valence-corrected chi connectivity index (χ3v) is 5.41. The quantitative estimate of drug-likeness (QED) is 0.689. The molecule has 3 rings (SSSR count). The van der Waals surface area contributed by atoms with E-state index < -0.39 is 17.1 Å². The second-order valence-electron chi connectivity index (χ2n) is 5.84. The van der Waals surface area contributed by atoms with Crippen LogP contribution < -0.4 is 5.32 Å². The van der Waals surface area contributed by atoms with Gasteiger partial charge in [0.15, 0.2) is 0 Å². The Morgan fingerprint density at radius 3 is 2.70 bits per heavy atom. The Balaban J connectivity index is 1.72. The molecule has 1 saturated heterocycles. The molecular weight excluding hydrogens is 432 g/mol. The summed E-state index contributed by atoms with van der Waals surface area (Å²) < 4.78 is 0.480. The van der Waals surface area contributed by atoms with E-state index in [2.05, 4.69) is 21.2 Å². The molecule has 3 amide bonds. The molecule has 1 aliphatic heterocycles. The average Bonchev–Trinajstić information content (AvgIpc) is 2.88. The topological polar surface area (TPSA) is 86.7 Å².